The van der Waals surface area contributed by atoms with Crippen LogP contribution in [-0.4, -0.2) is 33.2 Å². The number of nitrogens with two attached hydrogens (primary N) is 1. The van der Waals surface area contributed by atoms with Crippen molar-refractivity contribution in [3.8, 4) is 5.75 Å². The van der Waals surface area contributed by atoms with Crippen LogP contribution in [0.2, 0.25) is 0 Å². The maximum atomic E-state index is 12.8. The number of carbonyl (C=O) groups excluding carboxylic acids is 1. The highest BCUT2D eigenvalue weighted by atomic mass is 19.1. The fraction of sp³-hybridized carbons (Fsp3) is 0.200. The molecule has 0 saturated heterocycles. The van der Waals surface area contributed by atoms with Gasteiger partial charge >= 0.3 is 0 Å². The lowest BCUT2D eigenvalue weighted by Gasteiger charge is -2.14. The highest BCUT2D eigenvalue weighted by Gasteiger charge is 2.19. The topological polar surface area (TPSA) is 138 Å². The number of nitro groups is 1. The summed E-state index contributed by atoms with van der Waals surface area (Å²) in [6.45, 7) is -0.616. The molecular formula is C15H14FN3O6. The number of amides is 1. The summed E-state index contributed by atoms with van der Waals surface area (Å²) >= 11 is 0. The van der Waals surface area contributed by atoms with Gasteiger partial charge in [0.1, 0.15) is 29.8 Å². The third-order valence-corrected chi connectivity index (χ3v) is 3.21. The Hall–Kier alpha value is -3.27. The number of ether oxygens (including phenoxy) is 1. The summed E-state index contributed by atoms with van der Waals surface area (Å²) in [4.78, 5) is 33.4. The van der Waals surface area contributed by atoms with E-state index in [1.165, 1.54) is 24.3 Å². The molecule has 0 spiro atoms. The largest absolute Gasteiger partial charge is 0.491 e. The third-order valence-electron chi connectivity index (χ3n) is 3.21. The molecule has 0 fully saturated rings. The fourth-order valence-corrected chi connectivity index (χ4v) is 2.03. The van der Waals surface area contributed by atoms with Gasteiger partial charge < -0.3 is 20.1 Å². The van der Waals surface area contributed by atoms with Crippen molar-refractivity contribution in [3.63, 3.8) is 0 Å². The molecule has 3 N–H and O–H groups in total. The number of rotatable bonds is 7. The van der Waals surface area contributed by atoms with Gasteiger partial charge in [-0.15, -0.1) is 0 Å². The number of hydrogen-bond donors (Lipinski definition) is 2. The van der Waals surface area contributed by atoms with Gasteiger partial charge in [0, 0.05) is 6.07 Å². The lowest BCUT2D eigenvalue weighted by Crippen LogP contribution is -2.34. The summed E-state index contributed by atoms with van der Waals surface area (Å²) in [5.74, 6) is -1.26. The predicted molar refractivity (Wildman–Crippen MR) is 83.8 cm³/mol. The van der Waals surface area contributed by atoms with Gasteiger partial charge in [0.25, 0.3) is 17.2 Å². The zero-order valence-electron chi connectivity index (χ0n) is 12.8. The molecule has 1 unspecified atom stereocenters. The Morgan fingerprint density at radius 2 is 2.04 bits per heavy atom. The van der Waals surface area contributed by atoms with Crippen molar-refractivity contribution in [2.24, 2.45) is 5.73 Å². The molecule has 1 heterocycles. The van der Waals surface area contributed by atoms with Crippen molar-refractivity contribution in [1.29, 1.82) is 0 Å². The van der Waals surface area contributed by atoms with Gasteiger partial charge in [-0.3, -0.25) is 19.7 Å². The van der Waals surface area contributed by atoms with Crippen molar-refractivity contribution in [2.75, 3.05) is 6.61 Å². The van der Waals surface area contributed by atoms with Crippen LogP contribution in [0.25, 0.3) is 0 Å². The fourth-order valence-electron chi connectivity index (χ4n) is 2.03. The van der Waals surface area contributed by atoms with E-state index >= 15 is 0 Å². The summed E-state index contributed by atoms with van der Waals surface area (Å²) in [7, 11) is 0. The van der Waals surface area contributed by atoms with E-state index in [0.717, 1.165) is 16.8 Å². The standard InChI is InChI=1S/C15H14FN3O6/c16-9-1-3-12(4-2-9)25-8-11(20)7-18-6-10(19(23)24)5-13(14(17)21)15(18)22/h1-6,11,20H,7-8H2,(H2,17,21). The lowest BCUT2D eigenvalue weighted by atomic mass is 10.2. The van der Waals surface area contributed by atoms with Crippen molar-refractivity contribution in [1.82, 2.24) is 4.57 Å². The SMILES string of the molecule is NC(=O)c1cc([N+](=O)[O-])cn(CC(O)COc2ccc(F)cc2)c1=O. The Kier molecular flexibility index (Phi) is 5.45. The van der Waals surface area contributed by atoms with E-state index in [4.69, 9.17) is 10.5 Å². The van der Waals surface area contributed by atoms with Crippen LogP contribution in [0.1, 0.15) is 10.4 Å². The number of carbonyl (C=O) groups is 1. The second-order valence-corrected chi connectivity index (χ2v) is 5.11. The van der Waals surface area contributed by atoms with E-state index < -0.39 is 39.6 Å². The zero-order valence-corrected chi connectivity index (χ0v) is 12.8. The molecule has 0 aliphatic carbocycles. The molecule has 1 aromatic heterocycles. The molecule has 1 atom stereocenters. The van der Waals surface area contributed by atoms with E-state index in [2.05, 4.69) is 0 Å². The molecule has 0 aliphatic rings. The molecular weight excluding hydrogens is 337 g/mol. The first-order valence-corrected chi connectivity index (χ1v) is 7.03. The van der Waals surface area contributed by atoms with E-state index in [1.807, 2.05) is 0 Å². The van der Waals surface area contributed by atoms with Gasteiger partial charge in [-0.25, -0.2) is 4.39 Å². The molecule has 2 rings (SSSR count). The zero-order chi connectivity index (χ0) is 18.6. The van der Waals surface area contributed by atoms with Crippen molar-refractivity contribution in [3.05, 3.63) is 68.4 Å². The third kappa shape index (κ3) is 4.61. The van der Waals surface area contributed by atoms with Crippen LogP contribution in [-0.2, 0) is 6.54 Å². The Morgan fingerprint density at radius 1 is 1.40 bits per heavy atom. The molecule has 2 aromatic rings. The number of pyridine rings is 1. The molecule has 132 valence electrons. The minimum absolute atomic E-state index is 0.257. The number of nitrogens with zero attached hydrogens (tertiary/aromatic N) is 2. The summed E-state index contributed by atoms with van der Waals surface area (Å²) in [5, 5.41) is 20.8. The highest BCUT2D eigenvalue weighted by molar-refractivity contribution is 5.92. The molecule has 9 nitrogen and oxygen atoms in total. The van der Waals surface area contributed by atoms with Crippen LogP contribution >= 0.6 is 0 Å². The summed E-state index contributed by atoms with van der Waals surface area (Å²) in [6, 6.07) is 5.83. The number of benzene rings is 1. The van der Waals surface area contributed by atoms with Crippen LogP contribution in [0.5, 0.6) is 5.75 Å². The first-order valence-electron chi connectivity index (χ1n) is 7.03. The maximum Gasteiger partial charge on any atom is 0.286 e. The van der Waals surface area contributed by atoms with E-state index in [9.17, 15) is 29.2 Å². The lowest BCUT2D eigenvalue weighted by molar-refractivity contribution is -0.385. The van der Waals surface area contributed by atoms with E-state index in [0.29, 0.717) is 5.75 Å². The monoisotopic (exact) mass is 351 g/mol. The van der Waals surface area contributed by atoms with Crippen molar-refractivity contribution >= 4 is 11.6 Å². The molecule has 1 amide bonds. The van der Waals surface area contributed by atoms with Crippen LogP contribution < -0.4 is 16.0 Å². The van der Waals surface area contributed by atoms with Gasteiger partial charge in [0.15, 0.2) is 0 Å². The average Bonchev–Trinajstić information content (AvgIpc) is 2.55. The van der Waals surface area contributed by atoms with Crippen LogP contribution in [0.15, 0.2) is 41.3 Å². The predicted octanol–water partition coefficient (Wildman–Crippen LogP) is 0.434. The number of halogens is 1. The van der Waals surface area contributed by atoms with Crippen LogP contribution in [0, 0.1) is 15.9 Å². The van der Waals surface area contributed by atoms with E-state index in [1.54, 1.807) is 0 Å². The number of aliphatic hydroxyl groups excluding tert-OH is 1. The Bertz CT molecular complexity index is 849. The maximum absolute atomic E-state index is 12.8. The number of aliphatic hydroxyl groups is 1. The minimum Gasteiger partial charge on any atom is -0.491 e. The highest BCUT2D eigenvalue weighted by Crippen LogP contribution is 2.13. The molecule has 0 radical (unpaired) electrons. The average molecular weight is 351 g/mol. The van der Waals surface area contributed by atoms with Crippen LogP contribution in [0.3, 0.4) is 0 Å². The summed E-state index contributed by atoms with van der Waals surface area (Å²) < 4.78 is 18.8. The van der Waals surface area contributed by atoms with Crippen molar-refractivity contribution in [2.45, 2.75) is 12.6 Å². The van der Waals surface area contributed by atoms with Crippen molar-refractivity contribution < 1.29 is 24.0 Å². The van der Waals surface area contributed by atoms with Gasteiger partial charge in [-0.05, 0) is 24.3 Å². The summed E-state index contributed by atoms with van der Waals surface area (Å²) in [5.41, 5.74) is 3.11. The Balaban J connectivity index is 2.15. The van der Waals surface area contributed by atoms with Gasteiger partial charge in [0.2, 0.25) is 0 Å². The van der Waals surface area contributed by atoms with Gasteiger partial charge in [-0.2, -0.15) is 0 Å². The smallest absolute Gasteiger partial charge is 0.286 e. The molecule has 0 aliphatic heterocycles. The van der Waals surface area contributed by atoms with Gasteiger partial charge in [0.05, 0.1) is 17.7 Å². The molecule has 1 aromatic carbocycles. The van der Waals surface area contributed by atoms with Gasteiger partial charge in [-0.1, -0.05) is 0 Å². The molecule has 10 heteroatoms. The molecule has 25 heavy (non-hydrogen) atoms. The first kappa shape index (κ1) is 18.1. The second kappa shape index (κ2) is 7.53. The normalized spacial score (nSPS) is 11.8. The molecule has 0 bridgehead atoms. The minimum atomic E-state index is -1.22. The van der Waals surface area contributed by atoms with Crippen LogP contribution in [0.4, 0.5) is 10.1 Å². The quantitative estimate of drug-likeness (QED) is 0.548. The number of hydrogen-bond acceptors (Lipinski definition) is 6. The Morgan fingerprint density at radius 3 is 2.60 bits per heavy atom. The number of aromatic nitrogens is 1. The summed E-state index contributed by atoms with van der Waals surface area (Å²) in [6.07, 6.45) is -0.318. The Labute approximate surface area is 140 Å². The first-order chi connectivity index (χ1) is 11.8. The number of primary amides is 1. The van der Waals surface area contributed by atoms with E-state index in [-0.39, 0.29) is 13.2 Å². The second-order valence-electron chi connectivity index (χ2n) is 5.11. The molecule has 0 saturated carbocycles.